The van der Waals surface area contributed by atoms with Crippen LogP contribution in [0.1, 0.15) is 48.3 Å². The van der Waals surface area contributed by atoms with Gasteiger partial charge in [0, 0.05) is 23.5 Å². The zero-order valence-corrected chi connectivity index (χ0v) is 18.9. The second-order valence-electron chi connectivity index (χ2n) is 9.06. The number of alkyl carbamates (subject to hydrolysis) is 1. The van der Waals surface area contributed by atoms with E-state index in [0.29, 0.717) is 17.7 Å². The van der Waals surface area contributed by atoms with E-state index in [1.165, 1.54) is 10.6 Å². The van der Waals surface area contributed by atoms with E-state index >= 15 is 0 Å². The van der Waals surface area contributed by atoms with Gasteiger partial charge in [0.15, 0.2) is 0 Å². The molecule has 0 bridgehead atoms. The summed E-state index contributed by atoms with van der Waals surface area (Å²) in [6, 6.07) is 18.9. The van der Waals surface area contributed by atoms with Crippen molar-refractivity contribution in [2.45, 2.75) is 44.9 Å². The topological polar surface area (TPSA) is 89.4 Å². The Hall–Kier alpha value is -3.87. The third-order valence-electron chi connectivity index (χ3n) is 5.45. The minimum atomic E-state index is -0.622. The van der Waals surface area contributed by atoms with E-state index in [1.807, 2.05) is 45.0 Å². The number of aromatic nitrogens is 1. The van der Waals surface area contributed by atoms with Gasteiger partial charge < -0.3 is 15.4 Å². The number of pyridine rings is 1. The molecule has 4 rings (SSSR count). The fraction of sp³-hybridized carbons (Fsp3) is 0.269. The van der Waals surface area contributed by atoms with Gasteiger partial charge in [-0.2, -0.15) is 0 Å². The molecule has 170 valence electrons. The van der Waals surface area contributed by atoms with Crippen LogP contribution in [0.3, 0.4) is 0 Å². The molecule has 0 spiro atoms. The molecule has 1 aliphatic carbocycles. The molecular formula is C26H27N3O4. The number of carbonyl (C=O) groups excluding carboxylic acids is 2. The minimum Gasteiger partial charge on any atom is -0.444 e. The normalized spacial score (nSPS) is 17.2. The maximum atomic E-state index is 13.0. The molecule has 7 heteroatoms. The van der Waals surface area contributed by atoms with Crippen molar-refractivity contribution in [3.8, 4) is 5.69 Å². The highest BCUT2D eigenvalue weighted by molar-refractivity contribution is 5.94. The molecule has 33 heavy (non-hydrogen) atoms. The number of fused-ring (bicyclic) bond motifs is 1. The quantitative estimate of drug-likeness (QED) is 0.640. The average Bonchev–Trinajstić information content (AvgIpc) is 3.10. The van der Waals surface area contributed by atoms with Crippen molar-refractivity contribution < 1.29 is 14.3 Å². The third kappa shape index (κ3) is 5.14. The predicted octanol–water partition coefficient (Wildman–Crippen LogP) is 3.76. The molecule has 1 aliphatic rings. The van der Waals surface area contributed by atoms with Crippen LogP contribution in [0.25, 0.3) is 5.69 Å². The summed E-state index contributed by atoms with van der Waals surface area (Å²) in [7, 11) is 0. The predicted molar refractivity (Wildman–Crippen MR) is 126 cm³/mol. The lowest BCUT2D eigenvalue weighted by molar-refractivity contribution is 0.0491. The second kappa shape index (κ2) is 8.94. The van der Waals surface area contributed by atoms with Crippen LogP contribution < -0.4 is 16.2 Å². The van der Waals surface area contributed by atoms with Gasteiger partial charge in [-0.1, -0.05) is 30.3 Å². The van der Waals surface area contributed by atoms with E-state index in [9.17, 15) is 14.4 Å². The minimum absolute atomic E-state index is 0.144. The highest BCUT2D eigenvalue weighted by Gasteiger charge is 2.35. The third-order valence-corrected chi connectivity index (χ3v) is 5.45. The molecular weight excluding hydrogens is 418 g/mol. The number of amides is 2. The van der Waals surface area contributed by atoms with E-state index in [4.69, 9.17) is 4.74 Å². The fourth-order valence-corrected chi connectivity index (χ4v) is 4.01. The lowest BCUT2D eigenvalue weighted by atomic mass is 10.1. The van der Waals surface area contributed by atoms with Gasteiger partial charge in [0.05, 0.1) is 12.1 Å². The largest absolute Gasteiger partial charge is 0.444 e. The molecule has 0 fully saturated rings. The molecule has 1 heterocycles. The molecule has 1 aromatic heterocycles. The first kappa shape index (κ1) is 22.3. The maximum absolute atomic E-state index is 13.0. The summed E-state index contributed by atoms with van der Waals surface area (Å²) in [6.07, 6.45) is 1.75. The van der Waals surface area contributed by atoms with Gasteiger partial charge in [-0.05, 0) is 68.7 Å². The van der Waals surface area contributed by atoms with Crippen molar-refractivity contribution in [1.29, 1.82) is 0 Å². The molecule has 7 nitrogen and oxygen atoms in total. The summed E-state index contributed by atoms with van der Waals surface area (Å²) in [6.45, 7) is 5.42. The number of carbonyl (C=O) groups is 2. The highest BCUT2D eigenvalue weighted by atomic mass is 16.6. The van der Waals surface area contributed by atoms with Crippen molar-refractivity contribution in [3.05, 3.63) is 100.0 Å². The summed E-state index contributed by atoms with van der Waals surface area (Å²) >= 11 is 0. The monoisotopic (exact) mass is 445 g/mol. The van der Waals surface area contributed by atoms with Crippen LogP contribution >= 0.6 is 0 Å². The number of nitrogens with zero attached hydrogens (tertiary/aromatic N) is 1. The van der Waals surface area contributed by atoms with E-state index in [1.54, 1.807) is 42.6 Å². The first-order valence-corrected chi connectivity index (χ1v) is 10.9. The SMILES string of the molecule is CC(C)(C)OC(=O)NC1c2ccccc2CC1NC(=O)c1ccc(-n2ccccc2=O)cc1. The molecule has 2 amide bonds. The molecule has 2 N–H and O–H groups in total. The van der Waals surface area contributed by atoms with Gasteiger partial charge in [0.2, 0.25) is 0 Å². The molecule has 2 aromatic carbocycles. The number of hydrogen-bond donors (Lipinski definition) is 2. The van der Waals surface area contributed by atoms with Crippen LogP contribution in [0.4, 0.5) is 4.79 Å². The molecule has 0 radical (unpaired) electrons. The van der Waals surface area contributed by atoms with Gasteiger partial charge in [0.1, 0.15) is 5.60 Å². The smallest absolute Gasteiger partial charge is 0.408 e. The number of benzene rings is 2. The lowest BCUT2D eigenvalue weighted by Crippen LogP contribution is -2.45. The Bertz CT molecular complexity index is 1230. The van der Waals surface area contributed by atoms with E-state index in [0.717, 1.165) is 11.1 Å². The number of hydrogen-bond acceptors (Lipinski definition) is 4. The average molecular weight is 446 g/mol. The van der Waals surface area contributed by atoms with Crippen molar-refractivity contribution in [2.75, 3.05) is 0 Å². The Morgan fingerprint density at radius 1 is 0.939 bits per heavy atom. The molecule has 2 atom stereocenters. The highest BCUT2D eigenvalue weighted by Crippen LogP contribution is 2.32. The van der Waals surface area contributed by atoms with Crippen LogP contribution in [-0.2, 0) is 11.2 Å². The van der Waals surface area contributed by atoms with Crippen LogP contribution in [0.15, 0.2) is 77.7 Å². The summed E-state index contributed by atoms with van der Waals surface area (Å²) in [5, 5.41) is 5.97. The Labute approximate surface area is 192 Å². The molecule has 0 saturated carbocycles. The van der Waals surface area contributed by atoms with Crippen LogP contribution in [0.2, 0.25) is 0 Å². The first-order valence-electron chi connectivity index (χ1n) is 10.9. The van der Waals surface area contributed by atoms with Crippen LogP contribution in [0, 0.1) is 0 Å². The van der Waals surface area contributed by atoms with E-state index in [-0.39, 0.29) is 17.5 Å². The summed E-state index contributed by atoms with van der Waals surface area (Å²) < 4.78 is 6.94. The van der Waals surface area contributed by atoms with Gasteiger partial charge >= 0.3 is 6.09 Å². The van der Waals surface area contributed by atoms with Gasteiger partial charge in [-0.25, -0.2) is 4.79 Å². The number of ether oxygens (including phenoxy) is 1. The Morgan fingerprint density at radius 3 is 2.33 bits per heavy atom. The summed E-state index contributed by atoms with van der Waals surface area (Å²) in [5.74, 6) is -0.254. The van der Waals surface area contributed by atoms with Crippen molar-refractivity contribution in [2.24, 2.45) is 0 Å². The standard InChI is InChI=1S/C26H27N3O4/c1-26(2,3)33-25(32)28-23-20-9-5-4-8-18(20)16-21(23)27-24(31)17-11-13-19(14-12-17)29-15-7-6-10-22(29)30/h4-15,21,23H,16H2,1-3H3,(H,27,31)(H,28,32). The zero-order valence-electron chi connectivity index (χ0n) is 18.9. The Balaban J connectivity index is 1.51. The maximum Gasteiger partial charge on any atom is 0.408 e. The zero-order chi connectivity index (χ0) is 23.6. The summed E-state index contributed by atoms with van der Waals surface area (Å²) in [5.41, 5.74) is 2.41. The first-order chi connectivity index (χ1) is 15.7. The van der Waals surface area contributed by atoms with Crippen molar-refractivity contribution in [1.82, 2.24) is 15.2 Å². The Kier molecular flexibility index (Phi) is 6.05. The lowest BCUT2D eigenvalue weighted by Gasteiger charge is -2.26. The number of nitrogens with one attached hydrogen (secondary N) is 2. The molecule has 3 aromatic rings. The van der Waals surface area contributed by atoms with E-state index in [2.05, 4.69) is 10.6 Å². The number of rotatable bonds is 4. The van der Waals surface area contributed by atoms with Gasteiger partial charge in [-0.3, -0.25) is 14.2 Å². The van der Waals surface area contributed by atoms with Crippen LogP contribution in [0.5, 0.6) is 0 Å². The molecule has 0 saturated heterocycles. The Morgan fingerprint density at radius 2 is 1.64 bits per heavy atom. The second-order valence-corrected chi connectivity index (χ2v) is 9.06. The van der Waals surface area contributed by atoms with Gasteiger partial charge in [-0.15, -0.1) is 0 Å². The molecule has 2 unspecified atom stereocenters. The van der Waals surface area contributed by atoms with Gasteiger partial charge in [0.25, 0.3) is 11.5 Å². The van der Waals surface area contributed by atoms with Crippen molar-refractivity contribution in [3.63, 3.8) is 0 Å². The van der Waals surface area contributed by atoms with E-state index < -0.39 is 17.7 Å². The van der Waals surface area contributed by atoms with Crippen molar-refractivity contribution >= 4 is 12.0 Å². The fourth-order valence-electron chi connectivity index (χ4n) is 4.01. The summed E-state index contributed by atoms with van der Waals surface area (Å²) in [4.78, 5) is 37.5. The van der Waals surface area contributed by atoms with Crippen LogP contribution in [-0.4, -0.2) is 28.2 Å². The molecule has 0 aliphatic heterocycles.